The van der Waals surface area contributed by atoms with E-state index >= 15 is 0 Å². The van der Waals surface area contributed by atoms with Gasteiger partial charge in [-0.3, -0.25) is 24.2 Å². The normalized spacial score (nSPS) is 13.5. The number of aromatic nitrogens is 6. The van der Waals surface area contributed by atoms with Gasteiger partial charge in [-0.05, 0) is 43.9 Å². The van der Waals surface area contributed by atoms with Crippen LogP contribution in [0.4, 0.5) is 5.69 Å². The van der Waals surface area contributed by atoms with E-state index in [0.29, 0.717) is 23.9 Å². The summed E-state index contributed by atoms with van der Waals surface area (Å²) in [7, 11) is 0. The maximum Gasteiger partial charge on any atom is 0.330 e. The van der Waals surface area contributed by atoms with Gasteiger partial charge in [-0.25, -0.2) is 14.8 Å². The van der Waals surface area contributed by atoms with Crippen LogP contribution in [0.2, 0.25) is 0 Å². The number of nitrogens with zero attached hydrogens (tertiary/aromatic N) is 4. The van der Waals surface area contributed by atoms with Crippen molar-refractivity contribution < 1.29 is 4.79 Å². The Morgan fingerprint density at radius 1 is 1.21 bits per heavy atom. The molecule has 0 bridgehead atoms. The second-order valence-electron chi connectivity index (χ2n) is 9.11. The molecule has 1 aliphatic carbocycles. The maximum atomic E-state index is 13.4. The van der Waals surface area contributed by atoms with Crippen molar-refractivity contribution in [1.82, 2.24) is 29.7 Å². The van der Waals surface area contributed by atoms with Crippen LogP contribution in [0.25, 0.3) is 22.4 Å². The van der Waals surface area contributed by atoms with Gasteiger partial charge in [0.2, 0.25) is 0 Å². The number of hydrogen-bond acceptors (Lipinski definition) is 6. The quantitative estimate of drug-likeness (QED) is 0.405. The molecule has 0 spiro atoms. The number of pyridine rings is 1. The van der Waals surface area contributed by atoms with E-state index in [9.17, 15) is 14.4 Å². The van der Waals surface area contributed by atoms with E-state index in [1.54, 1.807) is 24.3 Å². The molecule has 10 heteroatoms. The smallest absolute Gasteiger partial charge is 0.322 e. The molecule has 174 valence electrons. The van der Waals surface area contributed by atoms with Crippen LogP contribution in [0.3, 0.4) is 0 Å². The van der Waals surface area contributed by atoms with Gasteiger partial charge in [0.1, 0.15) is 5.82 Å². The zero-order chi connectivity index (χ0) is 24.0. The molecule has 1 aliphatic rings. The Hall–Kier alpha value is -4.08. The lowest BCUT2D eigenvalue weighted by Gasteiger charge is -2.15. The van der Waals surface area contributed by atoms with Gasteiger partial charge in [-0.15, -0.1) is 0 Å². The topological polar surface area (TPSA) is 138 Å². The summed E-state index contributed by atoms with van der Waals surface area (Å²) in [4.78, 5) is 50.2. The van der Waals surface area contributed by atoms with Gasteiger partial charge in [-0.1, -0.05) is 26.0 Å². The molecular formula is C24H25N7O3. The first-order valence-electron chi connectivity index (χ1n) is 11.3. The summed E-state index contributed by atoms with van der Waals surface area (Å²) in [5.41, 5.74) is 1.31. The van der Waals surface area contributed by atoms with Gasteiger partial charge in [-0.2, -0.15) is 5.10 Å². The fourth-order valence-electron chi connectivity index (χ4n) is 4.00. The minimum Gasteiger partial charge on any atom is -0.322 e. The monoisotopic (exact) mass is 459 g/mol. The number of hydrogen-bond donors (Lipinski definition) is 3. The second-order valence-corrected chi connectivity index (χ2v) is 9.11. The van der Waals surface area contributed by atoms with E-state index in [-0.39, 0.29) is 28.4 Å². The molecule has 0 radical (unpaired) electrons. The van der Waals surface area contributed by atoms with E-state index in [1.165, 1.54) is 4.57 Å². The first-order chi connectivity index (χ1) is 16.3. The maximum absolute atomic E-state index is 13.4. The Morgan fingerprint density at radius 3 is 2.68 bits per heavy atom. The fraction of sp³-hybridized carbons (Fsp3) is 0.333. The minimum atomic E-state index is -0.620. The lowest BCUT2D eigenvalue weighted by molar-refractivity contribution is 0.102. The van der Waals surface area contributed by atoms with Crippen molar-refractivity contribution in [2.75, 3.05) is 5.32 Å². The van der Waals surface area contributed by atoms with Gasteiger partial charge < -0.3 is 5.32 Å². The zero-order valence-corrected chi connectivity index (χ0v) is 19.2. The number of aromatic amines is 2. The third-order valence-corrected chi connectivity index (χ3v) is 5.73. The zero-order valence-electron chi connectivity index (χ0n) is 19.2. The van der Waals surface area contributed by atoms with Crippen molar-refractivity contribution >= 4 is 22.6 Å². The first-order valence-corrected chi connectivity index (χ1v) is 11.3. The van der Waals surface area contributed by atoms with Crippen LogP contribution in [-0.4, -0.2) is 35.6 Å². The average Bonchev–Trinajstić information content (AvgIpc) is 3.56. The van der Waals surface area contributed by atoms with Crippen molar-refractivity contribution in [3.63, 3.8) is 0 Å². The Morgan fingerprint density at radius 2 is 2.00 bits per heavy atom. The largest absolute Gasteiger partial charge is 0.330 e. The Bertz CT molecular complexity index is 1530. The van der Waals surface area contributed by atoms with Crippen molar-refractivity contribution in [2.24, 2.45) is 5.92 Å². The number of nitrogens with one attached hydrogen (secondary N) is 3. The van der Waals surface area contributed by atoms with Gasteiger partial charge in [0.05, 0.1) is 10.9 Å². The molecule has 0 saturated heterocycles. The predicted octanol–water partition coefficient (Wildman–Crippen LogP) is 2.96. The minimum absolute atomic E-state index is 0.114. The predicted molar refractivity (Wildman–Crippen MR) is 128 cm³/mol. The summed E-state index contributed by atoms with van der Waals surface area (Å²) in [6.45, 7) is 6.14. The fourth-order valence-corrected chi connectivity index (χ4v) is 4.00. The summed E-state index contributed by atoms with van der Waals surface area (Å²) < 4.78 is 1.45. The molecule has 0 atom stereocenters. The third-order valence-electron chi connectivity index (χ3n) is 5.73. The van der Waals surface area contributed by atoms with Gasteiger partial charge in [0.15, 0.2) is 11.5 Å². The van der Waals surface area contributed by atoms with Crippen LogP contribution in [0.15, 0.2) is 39.9 Å². The summed E-state index contributed by atoms with van der Waals surface area (Å²) in [5.74, 6) is 1.14. The molecule has 4 aromatic rings. The molecule has 1 amide bonds. The molecule has 3 N–H and O–H groups in total. The molecule has 1 saturated carbocycles. The molecular weight excluding hydrogens is 434 g/mol. The van der Waals surface area contributed by atoms with Crippen LogP contribution >= 0.6 is 0 Å². The van der Waals surface area contributed by atoms with Crippen LogP contribution in [0.5, 0.6) is 0 Å². The van der Waals surface area contributed by atoms with Crippen LogP contribution in [-0.2, 0) is 6.54 Å². The Kier molecular flexibility index (Phi) is 5.35. The van der Waals surface area contributed by atoms with Gasteiger partial charge in [0.25, 0.3) is 11.5 Å². The molecule has 3 aromatic heterocycles. The number of H-pyrrole nitrogens is 2. The standard InChI is InChI=1S/C24H25N7O3/c1-12(2)11-31-21-19(23(33)28-24(31)34)17(10-18(27-21)14-7-8-14)22(32)26-16-6-4-5-15(9-16)20-25-13(3)29-30-20/h4-6,9-10,12,14H,7-8,11H2,1-3H3,(H,26,32)(H,25,29,30)(H,28,33,34). The number of rotatable bonds is 6. The third kappa shape index (κ3) is 4.14. The molecule has 34 heavy (non-hydrogen) atoms. The van der Waals surface area contributed by atoms with Crippen molar-refractivity contribution in [1.29, 1.82) is 0 Å². The van der Waals surface area contributed by atoms with Gasteiger partial charge in [0, 0.05) is 29.4 Å². The highest BCUT2D eigenvalue weighted by atomic mass is 16.2. The van der Waals surface area contributed by atoms with Crippen molar-refractivity contribution in [3.05, 3.63) is 68.3 Å². The number of anilines is 1. The highest BCUT2D eigenvalue weighted by molar-refractivity contribution is 6.12. The Labute approximate surface area is 194 Å². The Balaban J connectivity index is 1.60. The van der Waals surface area contributed by atoms with Crippen LogP contribution < -0.4 is 16.6 Å². The number of carbonyl (C=O) groups is 1. The molecule has 0 unspecified atom stereocenters. The van der Waals surface area contributed by atoms with Gasteiger partial charge >= 0.3 is 5.69 Å². The van der Waals surface area contributed by atoms with E-state index in [1.807, 2.05) is 26.8 Å². The first kappa shape index (κ1) is 21.7. The molecule has 5 rings (SSSR count). The molecule has 10 nitrogen and oxygen atoms in total. The highest BCUT2D eigenvalue weighted by Gasteiger charge is 2.29. The average molecular weight is 460 g/mol. The molecule has 1 aromatic carbocycles. The SMILES string of the molecule is Cc1nc(-c2cccc(NC(=O)c3cc(C4CC4)nc4c3c(=O)[nH]c(=O)n4CC(C)C)c2)n[nH]1. The molecule has 0 aliphatic heterocycles. The van der Waals surface area contributed by atoms with Crippen molar-refractivity contribution in [2.45, 2.75) is 46.1 Å². The second kappa shape index (κ2) is 8.36. The number of carbonyl (C=O) groups excluding carboxylic acids is 1. The number of aryl methyl sites for hydroxylation is 1. The van der Waals surface area contributed by atoms with E-state index < -0.39 is 17.2 Å². The summed E-state index contributed by atoms with van der Waals surface area (Å²) in [6.07, 6.45) is 1.94. The van der Waals surface area contributed by atoms with Crippen LogP contribution in [0, 0.1) is 12.8 Å². The number of amides is 1. The van der Waals surface area contributed by atoms with E-state index in [2.05, 4.69) is 30.5 Å². The lowest BCUT2D eigenvalue weighted by atomic mass is 10.1. The number of fused-ring (bicyclic) bond motifs is 1. The van der Waals surface area contributed by atoms with E-state index in [0.717, 1.165) is 24.1 Å². The van der Waals surface area contributed by atoms with Crippen molar-refractivity contribution in [3.8, 4) is 11.4 Å². The molecule has 3 heterocycles. The lowest BCUT2D eigenvalue weighted by Crippen LogP contribution is -2.33. The van der Waals surface area contributed by atoms with Crippen LogP contribution in [0.1, 0.15) is 54.5 Å². The summed E-state index contributed by atoms with van der Waals surface area (Å²) in [5, 5.41) is 9.96. The van der Waals surface area contributed by atoms with E-state index in [4.69, 9.17) is 0 Å². The number of benzene rings is 1. The highest BCUT2D eigenvalue weighted by Crippen LogP contribution is 2.40. The summed E-state index contributed by atoms with van der Waals surface area (Å²) >= 11 is 0. The molecule has 1 fully saturated rings. The summed E-state index contributed by atoms with van der Waals surface area (Å²) in [6, 6.07) is 8.84.